The normalized spacial score (nSPS) is 11.2. The average molecular weight is 395 g/mol. The molecule has 0 aliphatic carbocycles. The van der Waals surface area contributed by atoms with E-state index < -0.39 is 5.82 Å². The maximum atomic E-state index is 13.8. The second-order valence-corrected chi connectivity index (χ2v) is 6.35. The first-order valence-electron chi connectivity index (χ1n) is 9.07. The number of amides is 1. The Balaban J connectivity index is 1.54. The maximum absolute atomic E-state index is 13.8. The molecule has 1 amide bonds. The Morgan fingerprint density at radius 2 is 2.03 bits per heavy atom. The van der Waals surface area contributed by atoms with Gasteiger partial charge < -0.3 is 19.4 Å². The van der Waals surface area contributed by atoms with Crippen molar-refractivity contribution >= 4 is 17.7 Å². The van der Waals surface area contributed by atoms with Crippen LogP contribution in [0.5, 0.6) is 11.5 Å². The molecule has 0 bridgehead atoms. The van der Waals surface area contributed by atoms with Crippen LogP contribution in [0.4, 0.5) is 10.1 Å². The van der Waals surface area contributed by atoms with Crippen molar-refractivity contribution in [2.75, 3.05) is 19.0 Å². The van der Waals surface area contributed by atoms with E-state index in [4.69, 9.17) is 9.47 Å². The van der Waals surface area contributed by atoms with Crippen LogP contribution in [0.2, 0.25) is 0 Å². The molecule has 0 saturated heterocycles. The minimum Gasteiger partial charge on any atom is -0.494 e. The second kappa shape index (κ2) is 9.54. The third kappa shape index (κ3) is 5.68. The lowest BCUT2D eigenvalue weighted by Crippen LogP contribution is -2.12. The van der Waals surface area contributed by atoms with Crippen LogP contribution in [-0.2, 0) is 11.3 Å². The van der Waals surface area contributed by atoms with Gasteiger partial charge in [-0.25, -0.2) is 9.37 Å². The monoisotopic (exact) mass is 395 g/mol. The molecule has 0 atom stereocenters. The zero-order valence-electron chi connectivity index (χ0n) is 16.3. The van der Waals surface area contributed by atoms with Crippen molar-refractivity contribution in [1.29, 1.82) is 0 Å². The lowest BCUT2D eigenvalue weighted by atomic mass is 10.1. The number of rotatable bonds is 8. The molecule has 1 N–H and O–H groups in total. The van der Waals surface area contributed by atoms with Crippen molar-refractivity contribution in [3.8, 4) is 11.5 Å². The lowest BCUT2D eigenvalue weighted by molar-refractivity contribution is -0.112. The molecule has 6 nitrogen and oxygen atoms in total. The fourth-order valence-electron chi connectivity index (χ4n) is 2.64. The van der Waals surface area contributed by atoms with Gasteiger partial charge in [-0.1, -0.05) is 6.07 Å². The summed E-state index contributed by atoms with van der Waals surface area (Å²) in [5.41, 5.74) is 1.68. The highest BCUT2D eigenvalue weighted by Gasteiger charge is 2.07. The van der Waals surface area contributed by atoms with E-state index >= 15 is 0 Å². The molecule has 2 aromatic carbocycles. The molecular formula is C22H22FN3O3. The number of halogens is 1. The highest BCUT2D eigenvalue weighted by molar-refractivity contribution is 6.06. The number of aromatic nitrogens is 2. The van der Waals surface area contributed by atoms with Gasteiger partial charge in [-0.15, -0.1) is 0 Å². The van der Waals surface area contributed by atoms with E-state index in [1.165, 1.54) is 19.2 Å². The topological polar surface area (TPSA) is 65.4 Å². The first kappa shape index (κ1) is 20.1. The molecule has 0 radical (unpaired) electrons. The molecule has 1 aromatic heterocycles. The minimum absolute atomic E-state index is 0.164. The van der Waals surface area contributed by atoms with E-state index in [2.05, 4.69) is 10.3 Å². The molecule has 7 heteroatoms. The van der Waals surface area contributed by atoms with Crippen LogP contribution in [-0.4, -0.2) is 29.2 Å². The Labute approximate surface area is 168 Å². The summed E-state index contributed by atoms with van der Waals surface area (Å²) in [5.74, 6) is 0.133. The molecule has 3 aromatic rings. The quantitative estimate of drug-likeness (QED) is 0.582. The molecular weight excluding hydrogens is 373 g/mol. The van der Waals surface area contributed by atoms with Gasteiger partial charge in [0.25, 0.3) is 5.91 Å². The van der Waals surface area contributed by atoms with Crippen LogP contribution in [0.3, 0.4) is 0 Å². The number of anilines is 1. The molecule has 0 aliphatic rings. The first-order valence-corrected chi connectivity index (χ1v) is 9.07. The van der Waals surface area contributed by atoms with Gasteiger partial charge in [0.2, 0.25) is 0 Å². The summed E-state index contributed by atoms with van der Waals surface area (Å²) in [7, 11) is 1.41. The third-order valence-corrected chi connectivity index (χ3v) is 4.21. The molecule has 0 spiro atoms. The third-order valence-electron chi connectivity index (χ3n) is 4.21. The van der Waals surface area contributed by atoms with Crippen LogP contribution in [0.15, 0.2) is 66.8 Å². The van der Waals surface area contributed by atoms with Gasteiger partial charge in [-0.05, 0) is 55.0 Å². The van der Waals surface area contributed by atoms with Gasteiger partial charge >= 0.3 is 0 Å². The van der Waals surface area contributed by atoms with Gasteiger partial charge in [0, 0.05) is 23.7 Å². The predicted octanol–water partition coefficient (Wildman–Crippen LogP) is 4.15. The molecule has 3 rings (SSSR count). The van der Waals surface area contributed by atoms with Crippen molar-refractivity contribution in [3.63, 3.8) is 0 Å². The fourth-order valence-corrected chi connectivity index (χ4v) is 2.64. The largest absolute Gasteiger partial charge is 0.494 e. The molecule has 0 unspecified atom stereocenters. The van der Waals surface area contributed by atoms with E-state index in [0.29, 0.717) is 35.7 Å². The fraction of sp³-hybridized carbons (Fsp3) is 0.182. The standard InChI is InChI=1S/C22H22FN3O3/c1-16(13-17-3-8-21(28-2)20(23)14-17)22(27)25-18-4-6-19(7-5-18)29-12-11-26-10-9-24-15-26/h3-10,13-15H,11-12H2,1-2H3,(H,25,27)/b16-13+. The average Bonchev–Trinajstić information content (AvgIpc) is 3.23. The molecule has 0 saturated carbocycles. The minimum atomic E-state index is -0.474. The van der Waals surface area contributed by atoms with E-state index in [9.17, 15) is 9.18 Å². The van der Waals surface area contributed by atoms with Crippen molar-refractivity contribution in [2.24, 2.45) is 0 Å². The number of nitrogens with zero attached hydrogens (tertiary/aromatic N) is 2. The number of nitrogens with one attached hydrogen (secondary N) is 1. The summed E-state index contributed by atoms with van der Waals surface area (Å²) in [6, 6.07) is 11.7. The Kier molecular flexibility index (Phi) is 6.63. The van der Waals surface area contributed by atoms with Gasteiger partial charge in [0.05, 0.1) is 20.0 Å². The van der Waals surface area contributed by atoms with E-state index in [-0.39, 0.29) is 11.7 Å². The number of imidazole rings is 1. The van der Waals surface area contributed by atoms with E-state index in [1.807, 2.05) is 10.8 Å². The number of ether oxygens (including phenoxy) is 2. The first-order chi connectivity index (χ1) is 14.0. The summed E-state index contributed by atoms with van der Waals surface area (Å²) < 4.78 is 26.3. The zero-order valence-corrected chi connectivity index (χ0v) is 16.3. The van der Waals surface area contributed by atoms with Crippen LogP contribution in [0.1, 0.15) is 12.5 Å². The van der Waals surface area contributed by atoms with Crippen LogP contribution < -0.4 is 14.8 Å². The van der Waals surface area contributed by atoms with Crippen LogP contribution >= 0.6 is 0 Å². The second-order valence-electron chi connectivity index (χ2n) is 6.35. The molecule has 0 fully saturated rings. The van der Waals surface area contributed by atoms with Crippen molar-refractivity contribution < 1.29 is 18.7 Å². The van der Waals surface area contributed by atoms with Crippen molar-refractivity contribution in [2.45, 2.75) is 13.5 Å². The Bertz CT molecular complexity index is 983. The Morgan fingerprint density at radius 3 is 2.69 bits per heavy atom. The van der Waals surface area contributed by atoms with Crippen LogP contribution in [0, 0.1) is 5.82 Å². The van der Waals surface area contributed by atoms with E-state index in [0.717, 1.165) is 0 Å². The summed E-state index contributed by atoms with van der Waals surface area (Å²) in [5, 5.41) is 2.81. The van der Waals surface area contributed by atoms with Gasteiger partial charge in [-0.2, -0.15) is 0 Å². The number of hydrogen-bond donors (Lipinski definition) is 1. The maximum Gasteiger partial charge on any atom is 0.251 e. The molecule has 0 aliphatic heterocycles. The number of carbonyl (C=O) groups is 1. The van der Waals surface area contributed by atoms with Crippen molar-refractivity contribution in [1.82, 2.24) is 9.55 Å². The zero-order chi connectivity index (χ0) is 20.6. The molecule has 150 valence electrons. The van der Waals surface area contributed by atoms with Gasteiger partial charge in [0.15, 0.2) is 11.6 Å². The van der Waals surface area contributed by atoms with Gasteiger partial charge in [0.1, 0.15) is 12.4 Å². The summed E-state index contributed by atoms with van der Waals surface area (Å²) in [6.45, 7) is 2.89. The number of carbonyl (C=O) groups excluding carboxylic acids is 1. The smallest absolute Gasteiger partial charge is 0.251 e. The van der Waals surface area contributed by atoms with E-state index in [1.54, 1.807) is 55.9 Å². The molecule has 1 heterocycles. The molecule has 29 heavy (non-hydrogen) atoms. The number of benzene rings is 2. The summed E-state index contributed by atoms with van der Waals surface area (Å²) >= 11 is 0. The highest BCUT2D eigenvalue weighted by atomic mass is 19.1. The van der Waals surface area contributed by atoms with Crippen molar-refractivity contribution in [3.05, 3.63) is 78.1 Å². The SMILES string of the molecule is COc1ccc(/C=C(\C)C(=O)Nc2ccc(OCCn3ccnc3)cc2)cc1F. The number of hydrogen-bond acceptors (Lipinski definition) is 4. The Morgan fingerprint density at radius 1 is 1.24 bits per heavy atom. The Hall–Kier alpha value is -3.61. The summed E-state index contributed by atoms with van der Waals surface area (Å²) in [6.07, 6.45) is 6.95. The lowest BCUT2D eigenvalue weighted by Gasteiger charge is -2.09. The number of methoxy groups -OCH3 is 1. The van der Waals surface area contributed by atoms with Crippen LogP contribution in [0.25, 0.3) is 6.08 Å². The predicted molar refractivity (Wildman–Crippen MR) is 109 cm³/mol. The highest BCUT2D eigenvalue weighted by Crippen LogP contribution is 2.20. The van der Waals surface area contributed by atoms with Gasteiger partial charge in [-0.3, -0.25) is 4.79 Å². The summed E-state index contributed by atoms with van der Waals surface area (Å²) in [4.78, 5) is 16.4.